The quantitative estimate of drug-likeness (QED) is 0.496. The van der Waals surface area contributed by atoms with Crippen LogP contribution < -0.4 is 0 Å². The molecule has 0 saturated heterocycles. The molecule has 41 valence electrons. The normalized spacial score (nSPS) is 12.3. The van der Waals surface area contributed by atoms with Gasteiger partial charge in [-0.05, 0) is 13.1 Å². The molecule has 0 aliphatic rings. The summed E-state index contributed by atoms with van der Waals surface area (Å²) < 4.78 is 0. The summed E-state index contributed by atoms with van der Waals surface area (Å²) in [6, 6.07) is 0. The molecule has 0 spiro atoms. The molecule has 0 amide bonds. The Morgan fingerprint density at radius 2 is 2.29 bits per heavy atom. The molecule has 0 aliphatic heterocycles. The predicted octanol–water partition coefficient (Wildman–Crippen LogP) is 2.88. The lowest BCUT2D eigenvalue weighted by Crippen LogP contribution is -1.55. The van der Waals surface area contributed by atoms with E-state index in [2.05, 4.69) is 25.5 Å². The first-order valence-electron chi connectivity index (χ1n) is 2.65. The van der Waals surface area contributed by atoms with Gasteiger partial charge in [-0.15, -0.1) is 0 Å². The van der Waals surface area contributed by atoms with Crippen LogP contribution in [-0.2, 0) is 0 Å². The van der Waals surface area contributed by atoms with Gasteiger partial charge in [-0.2, -0.15) is 0 Å². The van der Waals surface area contributed by atoms with Crippen molar-refractivity contribution in [3.8, 4) is 0 Å². The average molecular weight is 115 g/mol. The molecule has 0 aliphatic carbocycles. The fourth-order valence-corrected chi connectivity index (χ4v) is 0.707. The van der Waals surface area contributed by atoms with Gasteiger partial charge in [-0.3, -0.25) is 0 Å². The Kier molecular flexibility index (Phi) is 6.32. The first-order chi connectivity index (χ1) is 3.41. The highest BCUT2D eigenvalue weighted by atomic mass is 31.1. The highest BCUT2D eigenvalue weighted by Gasteiger charge is 1.68. The third-order valence-electron chi connectivity index (χ3n) is 0.710. The molecule has 0 aromatic heterocycles. The molecule has 0 saturated carbocycles. The summed E-state index contributed by atoms with van der Waals surface area (Å²) in [6.45, 7) is 4.32. The van der Waals surface area contributed by atoms with Crippen molar-refractivity contribution in [3.05, 3.63) is 11.9 Å². The van der Waals surface area contributed by atoms with Crippen molar-refractivity contribution in [2.75, 3.05) is 6.66 Å². The molecule has 0 unspecified atom stereocenters. The molecule has 1 heteroatoms. The van der Waals surface area contributed by atoms with E-state index in [1.54, 1.807) is 0 Å². The molecule has 0 aromatic rings. The first kappa shape index (κ1) is 7.17. The molecule has 0 aromatic carbocycles. The Hall–Kier alpha value is 0.170. The van der Waals surface area contributed by atoms with Gasteiger partial charge in [0.2, 0.25) is 0 Å². The van der Waals surface area contributed by atoms with E-state index in [4.69, 9.17) is 0 Å². The van der Waals surface area contributed by atoms with E-state index in [-0.39, 0.29) is 0 Å². The number of rotatable bonds is 3. The molecule has 7 heavy (non-hydrogen) atoms. The largest absolute Gasteiger partial charge is 0.0837 e. The van der Waals surface area contributed by atoms with Crippen LogP contribution in [0.1, 0.15) is 19.8 Å². The van der Waals surface area contributed by atoms with Crippen molar-refractivity contribution >= 4 is 8.58 Å². The zero-order valence-electron chi connectivity index (χ0n) is 5.02. The van der Waals surface area contributed by atoms with Gasteiger partial charge >= 0.3 is 0 Å². The van der Waals surface area contributed by atoms with Crippen molar-refractivity contribution in [1.29, 1.82) is 0 Å². The van der Waals surface area contributed by atoms with Crippen LogP contribution in [0.25, 0.3) is 0 Å². The Morgan fingerprint density at radius 3 is 2.71 bits per heavy atom. The van der Waals surface area contributed by atoms with Gasteiger partial charge in [0.05, 0.1) is 0 Å². The summed E-state index contributed by atoms with van der Waals surface area (Å²) in [5.41, 5.74) is 0. The van der Waals surface area contributed by atoms with Crippen LogP contribution in [0.4, 0.5) is 0 Å². The molecule has 1 radical (unpaired) electrons. The molecule has 0 fully saturated rings. The molecule has 0 heterocycles. The zero-order valence-corrected chi connectivity index (χ0v) is 5.91. The Morgan fingerprint density at radius 1 is 1.57 bits per heavy atom. The van der Waals surface area contributed by atoms with E-state index >= 15 is 0 Å². The van der Waals surface area contributed by atoms with E-state index in [1.165, 1.54) is 21.4 Å². The van der Waals surface area contributed by atoms with Gasteiger partial charge in [0.25, 0.3) is 0 Å². The second-order valence-corrected chi connectivity index (χ2v) is 2.25. The van der Waals surface area contributed by atoms with Gasteiger partial charge in [-0.1, -0.05) is 33.8 Å². The molecule has 0 N–H and O–H groups in total. The van der Waals surface area contributed by atoms with Gasteiger partial charge in [0.1, 0.15) is 0 Å². The Balaban J connectivity index is 2.78. The van der Waals surface area contributed by atoms with Crippen LogP contribution in [0, 0.1) is 0 Å². The summed E-state index contributed by atoms with van der Waals surface area (Å²) in [7, 11) is 1.37. The maximum Gasteiger partial charge on any atom is -0.0350 e. The van der Waals surface area contributed by atoms with Crippen molar-refractivity contribution in [2.45, 2.75) is 19.8 Å². The number of hydrogen-bond acceptors (Lipinski definition) is 0. The summed E-state index contributed by atoms with van der Waals surface area (Å²) >= 11 is 0. The molecule has 0 atom stereocenters. The van der Waals surface area contributed by atoms with E-state index in [0.717, 1.165) is 0 Å². The number of allylic oxidation sites excluding steroid dienone is 1. The third kappa shape index (κ3) is 6.17. The number of unbranched alkanes of at least 4 members (excludes halogenated alkanes) is 1. The van der Waals surface area contributed by atoms with Crippen molar-refractivity contribution in [2.24, 2.45) is 0 Å². The summed E-state index contributed by atoms with van der Waals surface area (Å²) in [4.78, 5) is 0. The fraction of sp³-hybridized carbons (Fsp3) is 0.667. The van der Waals surface area contributed by atoms with E-state index < -0.39 is 0 Å². The molecule has 0 rings (SSSR count). The average Bonchev–Trinajstić information content (AvgIpc) is 1.69. The lowest BCUT2D eigenvalue weighted by molar-refractivity contribution is 0.960. The van der Waals surface area contributed by atoms with Crippen molar-refractivity contribution < 1.29 is 0 Å². The smallest absolute Gasteiger partial charge is 0.0350 e. The maximum atomic E-state index is 2.22. The third-order valence-corrected chi connectivity index (χ3v) is 1.22. The Labute approximate surface area is 47.8 Å². The van der Waals surface area contributed by atoms with Crippen LogP contribution in [0.2, 0.25) is 0 Å². The van der Waals surface area contributed by atoms with Gasteiger partial charge in [-0.25, -0.2) is 0 Å². The van der Waals surface area contributed by atoms with Gasteiger partial charge < -0.3 is 0 Å². The molecule has 0 nitrogen and oxygen atoms in total. The zero-order chi connectivity index (χ0) is 5.54. The summed E-state index contributed by atoms with van der Waals surface area (Å²) in [6.07, 6.45) is 4.73. The van der Waals surface area contributed by atoms with E-state index in [0.29, 0.717) is 0 Å². The lowest BCUT2D eigenvalue weighted by atomic mass is 10.3. The summed E-state index contributed by atoms with van der Waals surface area (Å²) in [5.74, 6) is 2.18. The topological polar surface area (TPSA) is 0 Å². The van der Waals surface area contributed by atoms with Crippen molar-refractivity contribution in [1.82, 2.24) is 0 Å². The SMILES string of the molecule is CCC/C=C/[P]C. The van der Waals surface area contributed by atoms with Crippen LogP contribution in [-0.4, -0.2) is 6.66 Å². The van der Waals surface area contributed by atoms with Gasteiger partial charge in [0.15, 0.2) is 0 Å². The van der Waals surface area contributed by atoms with Crippen LogP contribution in [0.5, 0.6) is 0 Å². The second-order valence-electron chi connectivity index (χ2n) is 1.43. The first-order valence-corrected chi connectivity index (χ1v) is 4.06. The summed E-state index contributed by atoms with van der Waals surface area (Å²) in [5, 5.41) is 0. The highest BCUT2D eigenvalue weighted by Crippen LogP contribution is 2.04. The second kappa shape index (κ2) is 6.17. The maximum absolute atomic E-state index is 2.22. The highest BCUT2D eigenvalue weighted by molar-refractivity contribution is 7.40. The lowest BCUT2D eigenvalue weighted by Gasteiger charge is -1.79. The number of hydrogen-bond donors (Lipinski definition) is 0. The standard InChI is InChI=1S/C6H12P/c1-3-4-5-6-7-2/h5-6H,3-4H2,1-2H3/b6-5+. The van der Waals surface area contributed by atoms with E-state index in [9.17, 15) is 0 Å². The molecular weight excluding hydrogens is 103 g/mol. The molecular formula is C6H12P. The van der Waals surface area contributed by atoms with E-state index in [1.807, 2.05) is 0 Å². The van der Waals surface area contributed by atoms with Gasteiger partial charge in [0, 0.05) is 0 Å². The molecule has 0 bridgehead atoms. The minimum Gasteiger partial charge on any atom is -0.0837 e. The predicted molar refractivity (Wildman–Crippen MR) is 36.9 cm³/mol. The fourth-order valence-electron chi connectivity index (χ4n) is 0.347. The van der Waals surface area contributed by atoms with Crippen LogP contribution in [0.3, 0.4) is 0 Å². The van der Waals surface area contributed by atoms with Crippen molar-refractivity contribution in [3.63, 3.8) is 0 Å². The Bertz CT molecular complexity index is 48.1. The van der Waals surface area contributed by atoms with Crippen LogP contribution in [0.15, 0.2) is 11.9 Å². The monoisotopic (exact) mass is 115 g/mol. The minimum atomic E-state index is 1.24. The minimum absolute atomic E-state index is 1.24. The van der Waals surface area contributed by atoms with Crippen LogP contribution >= 0.6 is 8.58 Å².